The number of nitrogens with two attached hydrogens (primary N) is 1. The summed E-state index contributed by atoms with van der Waals surface area (Å²) in [5.74, 6) is 0.732. The van der Waals surface area contributed by atoms with Crippen LogP contribution in [0.25, 0.3) is 0 Å². The lowest BCUT2D eigenvalue weighted by Gasteiger charge is -2.31. The van der Waals surface area contributed by atoms with Gasteiger partial charge in [-0.25, -0.2) is 4.79 Å². The van der Waals surface area contributed by atoms with Gasteiger partial charge in [0.25, 0.3) is 0 Å². The minimum absolute atomic E-state index is 0.109. The Morgan fingerprint density at radius 2 is 2.35 bits per heavy atom. The largest absolute Gasteiger partial charge is 0.489 e. The molecule has 2 atom stereocenters. The van der Waals surface area contributed by atoms with Crippen LogP contribution in [0.1, 0.15) is 5.56 Å². The number of amides is 1. The highest BCUT2D eigenvalue weighted by Gasteiger charge is 2.45. The number of rotatable bonds is 1. The number of ether oxygens (including phenoxy) is 2. The van der Waals surface area contributed by atoms with Crippen LogP contribution in [-0.2, 0) is 4.74 Å². The lowest BCUT2D eigenvalue weighted by atomic mass is 10.1. The molecule has 2 unspecified atom stereocenters. The molecule has 0 aliphatic carbocycles. The molecule has 5 nitrogen and oxygen atoms in total. The van der Waals surface area contributed by atoms with Crippen molar-refractivity contribution >= 4 is 11.8 Å². The Labute approximate surface area is 99.1 Å². The molecule has 0 saturated carbocycles. The molecular weight excluding hydrogens is 220 g/mol. The molecule has 90 valence electrons. The fraction of sp³-hybridized carbons (Fsp3) is 0.417. The molecule has 2 heterocycles. The summed E-state index contributed by atoms with van der Waals surface area (Å²) in [4.78, 5) is 13.5. The van der Waals surface area contributed by atoms with Crippen molar-refractivity contribution in [1.82, 2.24) is 0 Å². The van der Waals surface area contributed by atoms with Crippen LogP contribution in [0.4, 0.5) is 10.5 Å². The first kappa shape index (κ1) is 10.4. The fourth-order valence-electron chi connectivity index (χ4n) is 2.34. The number of carbonyl (C=O) groups is 1. The highest BCUT2D eigenvalue weighted by molar-refractivity contribution is 5.93. The Balaban J connectivity index is 2.04. The van der Waals surface area contributed by atoms with Crippen LogP contribution < -0.4 is 15.4 Å². The van der Waals surface area contributed by atoms with Crippen LogP contribution in [0.15, 0.2) is 18.2 Å². The van der Waals surface area contributed by atoms with Crippen LogP contribution in [0.3, 0.4) is 0 Å². The van der Waals surface area contributed by atoms with E-state index < -0.39 is 0 Å². The number of benzene rings is 1. The first-order chi connectivity index (χ1) is 8.20. The zero-order valence-electron chi connectivity index (χ0n) is 9.55. The van der Waals surface area contributed by atoms with Crippen LogP contribution in [0.2, 0.25) is 0 Å². The summed E-state index contributed by atoms with van der Waals surface area (Å²) in [5, 5.41) is 0. The summed E-state index contributed by atoms with van der Waals surface area (Å²) in [6, 6.07) is 5.65. The second-order valence-electron chi connectivity index (χ2n) is 4.38. The highest BCUT2D eigenvalue weighted by atomic mass is 16.6. The van der Waals surface area contributed by atoms with Crippen molar-refractivity contribution in [3.05, 3.63) is 23.8 Å². The van der Waals surface area contributed by atoms with Gasteiger partial charge in [0, 0.05) is 6.54 Å². The van der Waals surface area contributed by atoms with Crippen molar-refractivity contribution in [2.45, 2.75) is 19.1 Å². The van der Waals surface area contributed by atoms with Crippen molar-refractivity contribution in [3.8, 4) is 5.75 Å². The lowest BCUT2D eigenvalue weighted by Crippen LogP contribution is -2.46. The monoisotopic (exact) mass is 234 g/mol. The Morgan fingerprint density at radius 3 is 3.12 bits per heavy atom. The van der Waals surface area contributed by atoms with E-state index in [1.807, 2.05) is 25.1 Å². The zero-order valence-corrected chi connectivity index (χ0v) is 9.55. The van der Waals surface area contributed by atoms with Gasteiger partial charge >= 0.3 is 6.09 Å². The lowest BCUT2D eigenvalue weighted by molar-refractivity contribution is 0.126. The molecule has 3 rings (SSSR count). The molecule has 1 aromatic carbocycles. The average Bonchev–Trinajstić information content (AvgIpc) is 2.66. The number of carbonyl (C=O) groups excluding carboxylic acids is 1. The van der Waals surface area contributed by atoms with Crippen LogP contribution in [0.5, 0.6) is 5.75 Å². The number of fused-ring (bicyclic) bond motifs is 3. The van der Waals surface area contributed by atoms with Gasteiger partial charge in [-0.1, -0.05) is 6.07 Å². The maximum Gasteiger partial charge on any atom is 0.415 e. The van der Waals surface area contributed by atoms with Crippen molar-refractivity contribution in [2.75, 3.05) is 18.1 Å². The third kappa shape index (κ3) is 1.46. The zero-order chi connectivity index (χ0) is 12.0. The van der Waals surface area contributed by atoms with Gasteiger partial charge in [0.05, 0.1) is 5.69 Å². The molecule has 2 aliphatic heterocycles. The van der Waals surface area contributed by atoms with Gasteiger partial charge in [0.2, 0.25) is 0 Å². The van der Waals surface area contributed by atoms with Crippen LogP contribution >= 0.6 is 0 Å². The number of nitrogens with zero attached hydrogens (tertiary/aromatic N) is 1. The number of anilines is 1. The third-order valence-electron chi connectivity index (χ3n) is 3.23. The number of hydrogen-bond donors (Lipinski definition) is 1. The Bertz CT molecular complexity index is 475. The molecule has 1 saturated heterocycles. The smallest absolute Gasteiger partial charge is 0.415 e. The minimum Gasteiger partial charge on any atom is -0.489 e. The molecule has 0 bridgehead atoms. The molecule has 2 N–H and O–H groups in total. The van der Waals surface area contributed by atoms with Gasteiger partial charge in [0.1, 0.15) is 24.5 Å². The minimum atomic E-state index is -0.334. The van der Waals surface area contributed by atoms with Crippen molar-refractivity contribution in [2.24, 2.45) is 5.73 Å². The maximum absolute atomic E-state index is 11.8. The topological polar surface area (TPSA) is 64.8 Å². The predicted molar refractivity (Wildman–Crippen MR) is 62.3 cm³/mol. The van der Waals surface area contributed by atoms with E-state index in [0.29, 0.717) is 13.2 Å². The summed E-state index contributed by atoms with van der Waals surface area (Å²) in [5.41, 5.74) is 7.46. The predicted octanol–water partition coefficient (Wildman–Crippen LogP) is 1.04. The molecule has 1 fully saturated rings. The van der Waals surface area contributed by atoms with Crippen molar-refractivity contribution in [1.29, 1.82) is 0 Å². The van der Waals surface area contributed by atoms with E-state index in [0.717, 1.165) is 17.0 Å². The summed E-state index contributed by atoms with van der Waals surface area (Å²) in [6.45, 7) is 2.74. The quantitative estimate of drug-likeness (QED) is 0.788. The molecule has 0 spiro atoms. The molecule has 1 aromatic rings. The van der Waals surface area contributed by atoms with Crippen LogP contribution in [0, 0.1) is 6.92 Å². The summed E-state index contributed by atoms with van der Waals surface area (Å²) < 4.78 is 10.9. The number of hydrogen-bond acceptors (Lipinski definition) is 4. The van der Waals surface area contributed by atoms with E-state index in [1.165, 1.54) is 0 Å². The SMILES string of the molecule is Cc1ccc2c(c1)OCC1C(CN)OC(=O)N21. The molecule has 0 radical (unpaired) electrons. The Morgan fingerprint density at radius 1 is 1.53 bits per heavy atom. The standard InChI is InChI=1S/C12H14N2O3/c1-7-2-3-8-10(4-7)16-6-9-11(5-13)17-12(15)14(8)9/h2-4,9,11H,5-6,13H2,1H3. The van der Waals surface area contributed by atoms with E-state index in [9.17, 15) is 4.79 Å². The van der Waals surface area contributed by atoms with Gasteiger partial charge < -0.3 is 15.2 Å². The van der Waals surface area contributed by atoms with E-state index in [1.54, 1.807) is 4.90 Å². The van der Waals surface area contributed by atoms with Gasteiger partial charge in [-0.15, -0.1) is 0 Å². The fourth-order valence-corrected chi connectivity index (χ4v) is 2.34. The van der Waals surface area contributed by atoms with E-state index >= 15 is 0 Å². The van der Waals surface area contributed by atoms with Gasteiger partial charge in [-0.3, -0.25) is 4.90 Å². The van der Waals surface area contributed by atoms with Gasteiger partial charge in [0.15, 0.2) is 0 Å². The molecule has 2 aliphatic rings. The normalized spacial score (nSPS) is 26.0. The molecule has 1 amide bonds. The summed E-state index contributed by atoms with van der Waals surface area (Å²) in [7, 11) is 0. The Hall–Kier alpha value is -1.75. The summed E-state index contributed by atoms with van der Waals surface area (Å²) >= 11 is 0. The van der Waals surface area contributed by atoms with Gasteiger partial charge in [-0.05, 0) is 24.6 Å². The third-order valence-corrected chi connectivity index (χ3v) is 3.23. The van der Waals surface area contributed by atoms with E-state index in [-0.39, 0.29) is 18.2 Å². The van der Waals surface area contributed by atoms with E-state index in [4.69, 9.17) is 15.2 Å². The van der Waals surface area contributed by atoms with Gasteiger partial charge in [-0.2, -0.15) is 0 Å². The molecule has 17 heavy (non-hydrogen) atoms. The first-order valence-electron chi connectivity index (χ1n) is 5.64. The summed E-state index contributed by atoms with van der Waals surface area (Å²) in [6.07, 6.45) is -0.615. The highest BCUT2D eigenvalue weighted by Crippen LogP contribution is 2.38. The number of aryl methyl sites for hydroxylation is 1. The first-order valence-corrected chi connectivity index (χ1v) is 5.64. The van der Waals surface area contributed by atoms with Crippen molar-refractivity contribution < 1.29 is 14.3 Å². The van der Waals surface area contributed by atoms with Crippen LogP contribution in [-0.4, -0.2) is 31.4 Å². The molecule has 5 heteroatoms. The molecular formula is C12H14N2O3. The molecule has 0 aromatic heterocycles. The Kier molecular flexibility index (Phi) is 2.22. The second-order valence-corrected chi connectivity index (χ2v) is 4.38. The average molecular weight is 234 g/mol. The maximum atomic E-state index is 11.8. The number of cyclic esters (lactones) is 1. The van der Waals surface area contributed by atoms with Crippen molar-refractivity contribution in [3.63, 3.8) is 0 Å². The van der Waals surface area contributed by atoms with E-state index in [2.05, 4.69) is 0 Å². The second kappa shape index (κ2) is 3.63.